The van der Waals surface area contributed by atoms with Crippen LogP contribution in [0.15, 0.2) is 48.5 Å². The predicted molar refractivity (Wildman–Crippen MR) is 105 cm³/mol. The summed E-state index contributed by atoms with van der Waals surface area (Å²) in [4.78, 5) is 15.7. The average molecular weight is 366 g/mol. The average Bonchev–Trinajstić information content (AvgIpc) is 3.32. The minimum atomic E-state index is -0.256. The first kappa shape index (κ1) is 17.7. The Kier molecular flexibility index (Phi) is 4.92. The number of halogens is 1. The van der Waals surface area contributed by atoms with Gasteiger partial charge in [0.2, 0.25) is 0 Å². The molecule has 0 radical (unpaired) electrons. The lowest BCUT2D eigenvalue weighted by Crippen LogP contribution is -2.37. The van der Waals surface area contributed by atoms with E-state index in [1.807, 2.05) is 24.3 Å². The molecule has 1 amide bonds. The number of carbonyl (C=O) groups excluding carboxylic acids is 1. The van der Waals surface area contributed by atoms with Crippen LogP contribution in [0.2, 0.25) is 0 Å². The van der Waals surface area contributed by atoms with Gasteiger partial charge in [-0.1, -0.05) is 24.3 Å². The molecule has 2 aromatic carbocycles. The summed E-state index contributed by atoms with van der Waals surface area (Å²) in [6, 6.07) is 14.4. The molecule has 5 N–H and O–H groups in total. The number of nitrogens with one attached hydrogen (secondary N) is 3. The maximum absolute atomic E-state index is 13.1. The lowest BCUT2D eigenvalue weighted by atomic mass is 10.0. The number of amides is 1. The summed E-state index contributed by atoms with van der Waals surface area (Å²) in [5.74, 6) is 0.116. The third kappa shape index (κ3) is 3.86. The standard InChI is InChI=1S/C21H23FN4O/c22-17-5-3-14(4-6-17)15-1-2-16-9-20(26-19(16)8-15)21(27)25-12-18-7-13(10-23)11-24-18/h1-6,8-9,13,18,24,26H,7,10-12,23H2,(H,25,27)/t13-,18-/m0/s1. The van der Waals surface area contributed by atoms with Gasteiger partial charge in [0.05, 0.1) is 0 Å². The number of nitrogens with two attached hydrogens (primary N) is 1. The Morgan fingerprint density at radius 1 is 1.15 bits per heavy atom. The number of hydrogen-bond donors (Lipinski definition) is 4. The van der Waals surface area contributed by atoms with Crippen LogP contribution in [-0.4, -0.2) is 36.6 Å². The quantitative estimate of drug-likeness (QED) is 0.560. The van der Waals surface area contributed by atoms with Crippen LogP contribution < -0.4 is 16.4 Å². The molecule has 0 aliphatic carbocycles. The lowest BCUT2D eigenvalue weighted by Gasteiger charge is -2.11. The fourth-order valence-corrected chi connectivity index (χ4v) is 3.62. The van der Waals surface area contributed by atoms with Crippen molar-refractivity contribution in [2.75, 3.05) is 19.6 Å². The minimum Gasteiger partial charge on any atom is -0.351 e. The summed E-state index contributed by atoms with van der Waals surface area (Å²) in [5, 5.41) is 7.34. The van der Waals surface area contributed by atoms with Crippen molar-refractivity contribution in [2.24, 2.45) is 11.7 Å². The zero-order valence-corrected chi connectivity index (χ0v) is 15.0. The largest absolute Gasteiger partial charge is 0.351 e. The number of aromatic amines is 1. The Bertz CT molecular complexity index is 950. The van der Waals surface area contributed by atoms with Gasteiger partial charge < -0.3 is 21.4 Å². The minimum absolute atomic E-state index is 0.118. The molecule has 1 aliphatic heterocycles. The van der Waals surface area contributed by atoms with E-state index in [0.29, 0.717) is 24.7 Å². The number of H-pyrrole nitrogens is 1. The topological polar surface area (TPSA) is 82.9 Å². The van der Waals surface area contributed by atoms with Crippen LogP contribution in [0.3, 0.4) is 0 Å². The Morgan fingerprint density at radius 3 is 2.67 bits per heavy atom. The van der Waals surface area contributed by atoms with E-state index in [2.05, 4.69) is 15.6 Å². The summed E-state index contributed by atoms with van der Waals surface area (Å²) < 4.78 is 13.1. The number of hydrogen-bond acceptors (Lipinski definition) is 3. The van der Waals surface area contributed by atoms with Crippen LogP contribution in [0.1, 0.15) is 16.9 Å². The fourth-order valence-electron chi connectivity index (χ4n) is 3.62. The van der Waals surface area contributed by atoms with Gasteiger partial charge in [-0.05, 0) is 60.8 Å². The maximum atomic E-state index is 13.1. The van der Waals surface area contributed by atoms with Gasteiger partial charge >= 0.3 is 0 Å². The molecule has 0 bridgehead atoms. The molecule has 4 rings (SSSR count). The molecule has 0 unspecified atom stereocenters. The number of rotatable bonds is 5. The first-order valence-electron chi connectivity index (χ1n) is 9.23. The van der Waals surface area contributed by atoms with Gasteiger partial charge in [-0.3, -0.25) is 4.79 Å². The van der Waals surface area contributed by atoms with E-state index >= 15 is 0 Å². The summed E-state index contributed by atoms with van der Waals surface area (Å²) in [6.07, 6.45) is 0.991. The molecule has 0 saturated carbocycles. The molecule has 1 aromatic heterocycles. The molecule has 1 saturated heterocycles. The second-order valence-corrected chi connectivity index (χ2v) is 7.14. The predicted octanol–water partition coefficient (Wildman–Crippen LogP) is 2.64. The summed E-state index contributed by atoms with van der Waals surface area (Å²) in [6.45, 7) is 2.18. The second-order valence-electron chi connectivity index (χ2n) is 7.14. The second kappa shape index (κ2) is 7.50. The van der Waals surface area contributed by atoms with E-state index in [4.69, 9.17) is 5.73 Å². The lowest BCUT2D eigenvalue weighted by molar-refractivity contribution is 0.0946. The number of fused-ring (bicyclic) bond motifs is 1. The molecule has 5 nitrogen and oxygen atoms in total. The van der Waals surface area contributed by atoms with E-state index in [1.165, 1.54) is 12.1 Å². The van der Waals surface area contributed by atoms with E-state index in [0.717, 1.165) is 35.0 Å². The first-order valence-corrected chi connectivity index (χ1v) is 9.23. The molecular weight excluding hydrogens is 343 g/mol. The third-order valence-corrected chi connectivity index (χ3v) is 5.20. The van der Waals surface area contributed by atoms with Gasteiger partial charge in [0.15, 0.2) is 0 Å². The molecule has 1 aliphatic rings. The van der Waals surface area contributed by atoms with Crippen molar-refractivity contribution in [2.45, 2.75) is 12.5 Å². The normalized spacial score (nSPS) is 19.5. The molecule has 6 heteroatoms. The van der Waals surface area contributed by atoms with E-state index < -0.39 is 0 Å². The van der Waals surface area contributed by atoms with Crippen molar-refractivity contribution in [3.63, 3.8) is 0 Å². The molecule has 27 heavy (non-hydrogen) atoms. The highest BCUT2D eigenvalue weighted by atomic mass is 19.1. The third-order valence-electron chi connectivity index (χ3n) is 5.20. The van der Waals surface area contributed by atoms with Crippen molar-refractivity contribution in [1.29, 1.82) is 0 Å². The Balaban J connectivity index is 1.46. The highest BCUT2D eigenvalue weighted by molar-refractivity contribution is 5.98. The van der Waals surface area contributed by atoms with Crippen molar-refractivity contribution >= 4 is 16.8 Å². The van der Waals surface area contributed by atoms with Crippen molar-refractivity contribution in [3.8, 4) is 11.1 Å². The van der Waals surface area contributed by atoms with Gasteiger partial charge in [0, 0.05) is 23.5 Å². The summed E-state index contributed by atoms with van der Waals surface area (Å²) in [7, 11) is 0. The van der Waals surface area contributed by atoms with Crippen LogP contribution >= 0.6 is 0 Å². The van der Waals surface area contributed by atoms with Gasteiger partial charge in [0.1, 0.15) is 11.5 Å². The molecule has 2 atom stereocenters. The van der Waals surface area contributed by atoms with Gasteiger partial charge in [0.25, 0.3) is 5.91 Å². The van der Waals surface area contributed by atoms with Crippen LogP contribution in [-0.2, 0) is 0 Å². The highest BCUT2D eigenvalue weighted by Crippen LogP contribution is 2.25. The summed E-state index contributed by atoms with van der Waals surface area (Å²) in [5.41, 5.74) is 9.02. The Morgan fingerprint density at radius 2 is 1.93 bits per heavy atom. The maximum Gasteiger partial charge on any atom is 0.267 e. The zero-order chi connectivity index (χ0) is 18.8. The number of benzene rings is 2. The van der Waals surface area contributed by atoms with E-state index in [-0.39, 0.29) is 17.8 Å². The summed E-state index contributed by atoms with van der Waals surface area (Å²) >= 11 is 0. The van der Waals surface area contributed by atoms with Crippen LogP contribution in [0.5, 0.6) is 0 Å². The molecule has 2 heterocycles. The zero-order valence-electron chi connectivity index (χ0n) is 15.0. The van der Waals surface area contributed by atoms with Crippen molar-refractivity contribution in [3.05, 3.63) is 60.0 Å². The highest BCUT2D eigenvalue weighted by Gasteiger charge is 2.23. The fraction of sp³-hybridized carbons (Fsp3) is 0.286. The van der Waals surface area contributed by atoms with Crippen molar-refractivity contribution < 1.29 is 9.18 Å². The van der Waals surface area contributed by atoms with Gasteiger partial charge in [-0.15, -0.1) is 0 Å². The number of carbonyl (C=O) groups is 1. The van der Waals surface area contributed by atoms with E-state index in [9.17, 15) is 9.18 Å². The van der Waals surface area contributed by atoms with E-state index in [1.54, 1.807) is 12.1 Å². The SMILES string of the molecule is NC[C@H]1CN[C@H](CNC(=O)c2cc3ccc(-c4ccc(F)cc4)cc3[nH]2)C1. The molecular formula is C21H23FN4O. The Hall–Kier alpha value is -2.70. The smallest absolute Gasteiger partial charge is 0.267 e. The Labute approximate surface area is 157 Å². The monoisotopic (exact) mass is 366 g/mol. The van der Waals surface area contributed by atoms with Crippen LogP contribution in [0.4, 0.5) is 4.39 Å². The molecule has 3 aromatic rings. The number of aromatic nitrogens is 1. The first-order chi connectivity index (χ1) is 13.1. The van der Waals surface area contributed by atoms with Gasteiger partial charge in [-0.25, -0.2) is 4.39 Å². The van der Waals surface area contributed by atoms with Crippen LogP contribution in [0, 0.1) is 11.7 Å². The van der Waals surface area contributed by atoms with Crippen molar-refractivity contribution in [1.82, 2.24) is 15.6 Å². The van der Waals surface area contributed by atoms with Gasteiger partial charge in [-0.2, -0.15) is 0 Å². The van der Waals surface area contributed by atoms with Crippen LogP contribution in [0.25, 0.3) is 22.0 Å². The molecule has 140 valence electrons. The molecule has 0 spiro atoms. The molecule has 1 fully saturated rings.